The fourth-order valence-corrected chi connectivity index (χ4v) is 1.76. The molecule has 0 bridgehead atoms. The van der Waals surface area contributed by atoms with E-state index in [4.69, 9.17) is 4.74 Å². The van der Waals surface area contributed by atoms with Gasteiger partial charge >= 0.3 is 0 Å². The van der Waals surface area contributed by atoms with E-state index < -0.39 is 9.84 Å². The molecule has 0 saturated heterocycles. The largest absolute Gasteiger partial charge is 0.493 e. The summed E-state index contributed by atoms with van der Waals surface area (Å²) in [5.41, 5.74) is 1.02. The lowest BCUT2D eigenvalue weighted by atomic mass is 10.1. The molecule has 0 aliphatic carbocycles. The molecule has 0 fully saturated rings. The average Bonchev–Trinajstić information content (AvgIpc) is 2.18. The van der Waals surface area contributed by atoms with Crippen LogP contribution >= 0.6 is 0 Å². The van der Waals surface area contributed by atoms with Crippen molar-refractivity contribution < 1.29 is 18.3 Å². The van der Waals surface area contributed by atoms with Gasteiger partial charge in [0.05, 0.1) is 11.9 Å². The molecular weight excluding hydrogens is 240 g/mol. The van der Waals surface area contributed by atoms with Gasteiger partial charge in [-0.25, -0.2) is 8.42 Å². The molecule has 0 spiro atoms. The van der Waals surface area contributed by atoms with Gasteiger partial charge in [0, 0.05) is 6.26 Å². The summed E-state index contributed by atoms with van der Waals surface area (Å²) in [6.45, 7) is 1.89. The van der Waals surface area contributed by atoms with Crippen molar-refractivity contribution in [3.63, 3.8) is 0 Å². The number of rotatable bonds is 6. The lowest BCUT2D eigenvalue weighted by Gasteiger charge is -2.07. The Hall–Kier alpha value is -1.07. The zero-order valence-corrected chi connectivity index (χ0v) is 10.9. The first-order valence-electron chi connectivity index (χ1n) is 5.44. The number of ether oxygens (including phenoxy) is 1. The number of benzene rings is 1. The number of hydrogen-bond donors (Lipinski definition) is 1. The molecule has 0 saturated carbocycles. The van der Waals surface area contributed by atoms with Gasteiger partial charge in [0.2, 0.25) is 0 Å². The van der Waals surface area contributed by atoms with E-state index in [1.54, 1.807) is 19.1 Å². The van der Waals surface area contributed by atoms with Crippen LogP contribution in [0.3, 0.4) is 0 Å². The standard InChI is InChI=1S/C12H18O4S/c1-10(13)9-11-3-5-12(6-4-11)16-7-8-17(2,14)15/h3-6,10,13H,7-9H2,1-2H3. The minimum Gasteiger partial charge on any atom is -0.493 e. The van der Waals surface area contributed by atoms with Gasteiger partial charge in [0.15, 0.2) is 9.84 Å². The minimum absolute atomic E-state index is 0.0163. The van der Waals surface area contributed by atoms with Crippen LogP contribution in [0.2, 0.25) is 0 Å². The highest BCUT2D eigenvalue weighted by atomic mass is 32.2. The molecule has 0 aromatic heterocycles. The number of sulfone groups is 1. The SMILES string of the molecule is CC(O)Cc1ccc(OCCS(C)(=O)=O)cc1. The lowest BCUT2D eigenvalue weighted by molar-refractivity contribution is 0.195. The van der Waals surface area contributed by atoms with Crippen molar-refractivity contribution in [3.05, 3.63) is 29.8 Å². The van der Waals surface area contributed by atoms with E-state index in [9.17, 15) is 13.5 Å². The topological polar surface area (TPSA) is 63.6 Å². The summed E-state index contributed by atoms with van der Waals surface area (Å²) in [6.07, 6.45) is 1.41. The maximum absolute atomic E-state index is 10.9. The van der Waals surface area contributed by atoms with Crippen molar-refractivity contribution in [3.8, 4) is 5.75 Å². The molecular formula is C12H18O4S. The minimum atomic E-state index is -2.98. The second-order valence-electron chi connectivity index (χ2n) is 4.18. The molecule has 0 aliphatic rings. The Balaban J connectivity index is 2.46. The Kier molecular flexibility index (Phi) is 4.96. The fourth-order valence-electron chi connectivity index (χ4n) is 1.37. The van der Waals surface area contributed by atoms with Gasteiger partial charge in [-0.3, -0.25) is 0 Å². The quantitative estimate of drug-likeness (QED) is 0.828. The highest BCUT2D eigenvalue weighted by molar-refractivity contribution is 7.90. The van der Waals surface area contributed by atoms with E-state index >= 15 is 0 Å². The summed E-state index contributed by atoms with van der Waals surface area (Å²) >= 11 is 0. The predicted octanol–water partition coefficient (Wildman–Crippen LogP) is 1.03. The van der Waals surface area contributed by atoms with Crippen molar-refractivity contribution in [1.82, 2.24) is 0 Å². The number of aliphatic hydroxyl groups is 1. The molecule has 96 valence electrons. The monoisotopic (exact) mass is 258 g/mol. The van der Waals surface area contributed by atoms with E-state index in [-0.39, 0.29) is 18.5 Å². The summed E-state index contributed by atoms with van der Waals surface area (Å²) in [6, 6.07) is 7.28. The molecule has 4 nitrogen and oxygen atoms in total. The molecule has 0 aliphatic heterocycles. The van der Waals surface area contributed by atoms with Crippen LogP contribution in [0.1, 0.15) is 12.5 Å². The van der Waals surface area contributed by atoms with Crippen LogP contribution in [0.4, 0.5) is 0 Å². The first kappa shape index (κ1) is 14.0. The molecule has 0 heterocycles. The van der Waals surface area contributed by atoms with Gasteiger partial charge < -0.3 is 9.84 Å². The van der Waals surface area contributed by atoms with E-state index in [1.807, 2.05) is 12.1 Å². The zero-order valence-electron chi connectivity index (χ0n) is 10.1. The molecule has 1 aromatic carbocycles. The van der Waals surface area contributed by atoms with Crippen molar-refractivity contribution in [2.24, 2.45) is 0 Å². The average molecular weight is 258 g/mol. The maximum Gasteiger partial charge on any atom is 0.150 e. The second kappa shape index (κ2) is 6.02. The van der Waals surface area contributed by atoms with E-state index in [1.165, 1.54) is 6.26 Å². The van der Waals surface area contributed by atoms with Crippen molar-refractivity contribution in [2.75, 3.05) is 18.6 Å². The highest BCUT2D eigenvalue weighted by Crippen LogP contribution is 2.13. The molecule has 5 heteroatoms. The van der Waals surface area contributed by atoms with Gasteiger partial charge in [-0.15, -0.1) is 0 Å². The second-order valence-corrected chi connectivity index (χ2v) is 6.44. The van der Waals surface area contributed by atoms with Crippen LogP contribution in [0.15, 0.2) is 24.3 Å². The Morgan fingerprint density at radius 1 is 1.29 bits per heavy atom. The van der Waals surface area contributed by atoms with Crippen molar-refractivity contribution in [1.29, 1.82) is 0 Å². The molecule has 17 heavy (non-hydrogen) atoms. The summed E-state index contributed by atoms with van der Waals surface area (Å²) in [4.78, 5) is 0. The third kappa shape index (κ3) is 6.28. The van der Waals surface area contributed by atoms with E-state index in [0.717, 1.165) is 5.56 Å². The Morgan fingerprint density at radius 2 is 1.88 bits per heavy atom. The Labute approximate surface area is 102 Å². The number of hydrogen-bond acceptors (Lipinski definition) is 4. The third-order valence-electron chi connectivity index (χ3n) is 2.18. The fraction of sp³-hybridized carbons (Fsp3) is 0.500. The van der Waals surface area contributed by atoms with Crippen LogP contribution in [0.25, 0.3) is 0 Å². The molecule has 0 amide bonds. The Bertz CT molecular complexity index is 434. The van der Waals surface area contributed by atoms with Gasteiger partial charge in [-0.05, 0) is 31.0 Å². The first-order valence-corrected chi connectivity index (χ1v) is 7.50. The third-order valence-corrected chi connectivity index (χ3v) is 3.09. The van der Waals surface area contributed by atoms with Crippen LogP contribution in [-0.2, 0) is 16.3 Å². The van der Waals surface area contributed by atoms with Gasteiger partial charge in [-0.2, -0.15) is 0 Å². The Morgan fingerprint density at radius 3 is 2.35 bits per heavy atom. The molecule has 1 atom stereocenters. The normalized spacial score (nSPS) is 13.4. The van der Waals surface area contributed by atoms with Crippen LogP contribution < -0.4 is 4.74 Å². The maximum atomic E-state index is 10.9. The smallest absolute Gasteiger partial charge is 0.150 e. The van der Waals surface area contributed by atoms with Crippen LogP contribution in [-0.4, -0.2) is 38.2 Å². The van der Waals surface area contributed by atoms with Gasteiger partial charge in [-0.1, -0.05) is 12.1 Å². The first-order chi connectivity index (χ1) is 7.87. The van der Waals surface area contributed by atoms with Gasteiger partial charge in [0.1, 0.15) is 12.4 Å². The highest BCUT2D eigenvalue weighted by Gasteiger charge is 2.03. The lowest BCUT2D eigenvalue weighted by Crippen LogP contribution is -2.12. The summed E-state index contributed by atoms with van der Waals surface area (Å²) < 4.78 is 27.1. The van der Waals surface area contributed by atoms with E-state index in [2.05, 4.69) is 0 Å². The zero-order chi connectivity index (χ0) is 12.9. The van der Waals surface area contributed by atoms with Crippen LogP contribution in [0.5, 0.6) is 5.75 Å². The van der Waals surface area contributed by atoms with E-state index in [0.29, 0.717) is 12.2 Å². The van der Waals surface area contributed by atoms with Gasteiger partial charge in [0.25, 0.3) is 0 Å². The molecule has 1 N–H and O–H groups in total. The van der Waals surface area contributed by atoms with Crippen LogP contribution in [0, 0.1) is 0 Å². The molecule has 1 unspecified atom stereocenters. The van der Waals surface area contributed by atoms with Crippen molar-refractivity contribution in [2.45, 2.75) is 19.4 Å². The summed E-state index contributed by atoms with van der Waals surface area (Å²) in [5.74, 6) is 0.658. The molecule has 1 aromatic rings. The van der Waals surface area contributed by atoms with Crippen molar-refractivity contribution >= 4 is 9.84 Å². The summed E-state index contributed by atoms with van der Waals surface area (Å²) in [5, 5.41) is 9.21. The number of aliphatic hydroxyl groups excluding tert-OH is 1. The molecule has 1 rings (SSSR count). The predicted molar refractivity (Wildman–Crippen MR) is 67.0 cm³/mol. The summed E-state index contributed by atoms with van der Waals surface area (Å²) in [7, 11) is -2.98. The molecule has 0 radical (unpaired) electrons.